The van der Waals surface area contributed by atoms with E-state index in [0.717, 1.165) is 5.39 Å². The average Bonchev–Trinajstić information content (AvgIpc) is 2.29. The first-order valence-electron chi connectivity index (χ1n) is 4.95. The van der Waals surface area contributed by atoms with Crippen LogP contribution in [-0.2, 0) is 11.2 Å². The summed E-state index contributed by atoms with van der Waals surface area (Å²) in [6.07, 6.45) is 0.240. The Kier molecular flexibility index (Phi) is 2.81. The number of likely N-dealkylation sites (N-methyl/N-ethyl adjacent to an activating group) is 1. The van der Waals surface area contributed by atoms with Gasteiger partial charge in [-0.2, -0.15) is 0 Å². The van der Waals surface area contributed by atoms with Crippen LogP contribution in [0.4, 0.5) is 4.39 Å². The van der Waals surface area contributed by atoms with Gasteiger partial charge in [0.1, 0.15) is 5.82 Å². The fourth-order valence-electron chi connectivity index (χ4n) is 1.49. The van der Waals surface area contributed by atoms with Crippen LogP contribution < -0.4 is 5.32 Å². The van der Waals surface area contributed by atoms with Crippen molar-refractivity contribution in [2.45, 2.75) is 6.42 Å². The topological polar surface area (TPSA) is 42.0 Å². The third-order valence-corrected chi connectivity index (χ3v) is 2.33. The molecule has 0 saturated heterocycles. The summed E-state index contributed by atoms with van der Waals surface area (Å²) in [4.78, 5) is 15.4. The Balaban J connectivity index is 2.37. The number of aromatic nitrogens is 1. The number of carbonyl (C=O) groups excluding carboxylic acids is 1. The number of rotatable bonds is 2. The van der Waals surface area contributed by atoms with E-state index in [9.17, 15) is 9.18 Å². The standard InChI is InChI=1S/C12H11FN2O/c1-14-12(16)7-10-4-2-8-6-9(13)3-5-11(8)15-10/h2-6H,7H2,1H3,(H,14,16). The molecule has 0 aliphatic carbocycles. The number of benzene rings is 1. The Morgan fingerprint density at radius 3 is 2.94 bits per heavy atom. The van der Waals surface area contributed by atoms with Gasteiger partial charge < -0.3 is 5.32 Å². The molecule has 0 aliphatic rings. The number of hydrogen-bond donors (Lipinski definition) is 1. The minimum Gasteiger partial charge on any atom is -0.359 e. The van der Waals surface area contributed by atoms with Crippen LogP contribution in [0.15, 0.2) is 30.3 Å². The van der Waals surface area contributed by atoms with E-state index < -0.39 is 0 Å². The van der Waals surface area contributed by atoms with Crippen molar-refractivity contribution in [3.63, 3.8) is 0 Å². The molecular formula is C12H11FN2O. The van der Waals surface area contributed by atoms with E-state index in [-0.39, 0.29) is 18.1 Å². The maximum atomic E-state index is 12.9. The highest BCUT2D eigenvalue weighted by atomic mass is 19.1. The monoisotopic (exact) mass is 218 g/mol. The molecule has 0 fully saturated rings. The van der Waals surface area contributed by atoms with Crippen LogP contribution in [-0.4, -0.2) is 17.9 Å². The van der Waals surface area contributed by atoms with Crippen LogP contribution in [0.3, 0.4) is 0 Å². The van der Waals surface area contributed by atoms with Gasteiger partial charge in [0.2, 0.25) is 5.91 Å². The van der Waals surface area contributed by atoms with Gasteiger partial charge in [-0.3, -0.25) is 9.78 Å². The van der Waals surface area contributed by atoms with Crippen molar-refractivity contribution in [1.82, 2.24) is 10.3 Å². The first kappa shape index (κ1) is 10.5. The molecule has 0 spiro atoms. The minimum atomic E-state index is -0.284. The molecule has 2 aromatic rings. The molecule has 4 heteroatoms. The number of pyridine rings is 1. The van der Waals surface area contributed by atoms with Gasteiger partial charge in [0.15, 0.2) is 0 Å². The minimum absolute atomic E-state index is 0.0889. The number of carbonyl (C=O) groups is 1. The largest absolute Gasteiger partial charge is 0.359 e. The van der Waals surface area contributed by atoms with Gasteiger partial charge in [-0.15, -0.1) is 0 Å². The molecule has 0 bridgehead atoms. The second-order valence-corrected chi connectivity index (χ2v) is 3.49. The molecule has 1 aromatic carbocycles. The number of hydrogen-bond acceptors (Lipinski definition) is 2. The van der Waals surface area contributed by atoms with Crippen LogP contribution in [0.1, 0.15) is 5.69 Å². The molecular weight excluding hydrogens is 207 g/mol. The van der Waals surface area contributed by atoms with Gasteiger partial charge in [0, 0.05) is 12.4 Å². The maximum Gasteiger partial charge on any atom is 0.225 e. The van der Waals surface area contributed by atoms with Gasteiger partial charge in [0.25, 0.3) is 0 Å². The summed E-state index contributed by atoms with van der Waals surface area (Å²) in [5.41, 5.74) is 1.38. The van der Waals surface area contributed by atoms with E-state index in [4.69, 9.17) is 0 Å². The molecule has 0 aliphatic heterocycles. The lowest BCUT2D eigenvalue weighted by atomic mass is 10.1. The van der Waals surface area contributed by atoms with Gasteiger partial charge in [-0.05, 0) is 24.3 Å². The predicted octanol–water partition coefficient (Wildman–Crippen LogP) is 1.66. The highest BCUT2D eigenvalue weighted by Gasteiger charge is 2.04. The lowest BCUT2D eigenvalue weighted by molar-refractivity contribution is -0.120. The maximum absolute atomic E-state index is 12.9. The molecule has 1 aromatic heterocycles. The highest BCUT2D eigenvalue weighted by molar-refractivity contribution is 5.81. The van der Waals surface area contributed by atoms with Crippen molar-refractivity contribution in [1.29, 1.82) is 0 Å². The Hall–Kier alpha value is -1.97. The smallest absolute Gasteiger partial charge is 0.225 e. The molecule has 0 atom stereocenters. The van der Waals surface area contributed by atoms with Crippen LogP contribution in [0.2, 0.25) is 0 Å². The fourth-order valence-corrected chi connectivity index (χ4v) is 1.49. The molecule has 0 unspecified atom stereocenters. The summed E-state index contributed by atoms with van der Waals surface area (Å²) in [6, 6.07) is 7.89. The van der Waals surface area contributed by atoms with E-state index in [1.807, 2.05) is 0 Å². The Morgan fingerprint density at radius 2 is 2.19 bits per heavy atom. The molecule has 1 N–H and O–H groups in total. The predicted molar refractivity (Wildman–Crippen MR) is 59.5 cm³/mol. The van der Waals surface area contributed by atoms with Crippen LogP contribution in [0.5, 0.6) is 0 Å². The molecule has 16 heavy (non-hydrogen) atoms. The summed E-state index contributed by atoms with van der Waals surface area (Å²) in [5.74, 6) is -0.373. The van der Waals surface area contributed by atoms with Crippen LogP contribution in [0.25, 0.3) is 10.9 Å². The number of fused-ring (bicyclic) bond motifs is 1. The Morgan fingerprint density at radius 1 is 1.38 bits per heavy atom. The van der Waals surface area contributed by atoms with Crippen LogP contribution in [0, 0.1) is 5.82 Å². The number of nitrogens with zero attached hydrogens (tertiary/aromatic N) is 1. The highest BCUT2D eigenvalue weighted by Crippen LogP contribution is 2.14. The molecule has 82 valence electrons. The summed E-state index contributed by atoms with van der Waals surface area (Å²) in [6.45, 7) is 0. The fraction of sp³-hybridized carbons (Fsp3) is 0.167. The van der Waals surface area contributed by atoms with Crippen molar-refractivity contribution in [3.8, 4) is 0 Å². The first-order chi connectivity index (χ1) is 7.69. The molecule has 1 amide bonds. The Bertz CT molecular complexity index is 540. The quantitative estimate of drug-likeness (QED) is 0.833. The molecule has 0 saturated carbocycles. The summed E-state index contributed by atoms with van der Waals surface area (Å²) < 4.78 is 12.9. The first-order valence-corrected chi connectivity index (χ1v) is 4.95. The normalized spacial score (nSPS) is 10.4. The molecule has 0 radical (unpaired) electrons. The summed E-state index contributed by atoms with van der Waals surface area (Å²) >= 11 is 0. The number of halogens is 1. The SMILES string of the molecule is CNC(=O)Cc1ccc2cc(F)ccc2n1. The van der Waals surface area contributed by atoms with Gasteiger partial charge >= 0.3 is 0 Å². The van der Waals surface area contributed by atoms with Gasteiger partial charge in [-0.25, -0.2) is 4.39 Å². The molecule has 3 nitrogen and oxygen atoms in total. The van der Waals surface area contributed by atoms with Crippen molar-refractivity contribution in [2.75, 3.05) is 7.05 Å². The van der Waals surface area contributed by atoms with Crippen molar-refractivity contribution < 1.29 is 9.18 Å². The summed E-state index contributed by atoms with van der Waals surface area (Å²) in [5, 5.41) is 3.27. The Labute approximate surface area is 92.3 Å². The van der Waals surface area contributed by atoms with E-state index >= 15 is 0 Å². The third kappa shape index (κ3) is 2.16. The zero-order valence-corrected chi connectivity index (χ0v) is 8.83. The average molecular weight is 218 g/mol. The molecule has 2 rings (SSSR count). The van der Waals surface area contributed by atoms with Crippen molar-refractivity contribution in [2.24, 2.45) is 0 Å². The number of amides is 1. The van der Waals surface area contributed by atoms with E-state index in [1.54, 1.807) is 25.2 Å². The zero-order chi connectivity index (χ0) is 11.5. The number of nitrogens with one attached hydrogen (secondary N) is 1. The molecule has 1 heterocycles. The van der Waals surface area contributed by atoms with E-state index in [1.165, 1.54) is 12.1 Å². The van der Waals surface area contributed by atoms with Crippen molar-refractivity contribution >= 4 is 16.8 Å². The van der Waals surface area contributed by atoms with Gasteiger partial charge in [0.05, 0.1) is 17.6 Å². The second kappa shape index (κ2) is 4.26. The summed E-state index contributed by atoms with van der Waals surface area (Å²) in [7, 11) is 1.58. The lowest BCUT2D eigenvalue weighted by Crippen LogP contribution is -2.20. The zero-order valence-electron chi connectivity index (χ0n) is 8.83. The van der Waals surface area contributed by atoms with Gasteiger partial charge in [-0.1, -0.05) is 6.07 Å². The van der Waals surface area contributed by atoms with Crippen LogP contribution >= 0.6 is 0 Å². The van der Waals surface area contributed by atoms with Crippen molar-refractivity contribution in [3.05, 3.63) is 41.8 Å². The second-order valence-electron chi connectivity index (χ2n) is 3.49. The lowest BCUT2D eigenvalue weighted by Gasteiger charge is -2.02. The van der Waals surface area contributed by atoms with E-state index in [0.29, 0.717) is 11.2 Å². The third-order valence-electron chi connectivity index (χ3n) is 2.33. The van der Waals surface area contributed by atoms with E-state index in [2.05, 4.69) is 10.3 Å².